The molecule has 3 aromatic rings. The van der Waals surface area contributed by atoms with Crippen LogP contribution >= 0.6 is 0 Å². The molecule has 1 aliphatic rings. The minimum atomic E-state index is -1.25. The van der Waals surface area contributed by atoms with Crippen molar-refractivity contribution in [1.82, 2.24) is 19.6 Å². The highest BCUT2D eigenvalue weighted by Crippen LogP contribution is 2.29. The monoisotopic (exact) mass is 561 g/mol. The van der Waals surface area contributed by atoms with Crippen molar-refractivity contribution in [3.8, 4) is 5.69 Å². The smallest absolute Gasteiger partial charge is 0.409 e. The van der Waals surface area contributed by atoms with Crippen LogP contribution in [0.15, 0.2) is 48.5 Å². The van der Waals surface area contributed by atoms with Gasteiger partial charge in [0, 0.05) is 31.0 Å². The number of carboxylic acid groups (broad SMARTS) is 1. The number of carbonyl (C=O) groups excluding carboxylic acids is 2. The van der Waals surface area contributed by atoms with Crippen LogP contribution in [-0.2, 0) is 13.0 Å². The fraction of sp³-hybridized carbons (Fsp3) is 0.419. The maximum absolute atomic E-state index is 14.1. The second-order valence-electron chi connectivity index (χ2n) is 10.5. The molecule has 0 saturated heterocycles. The Morgan fingerprint density at radius 2 is 1.71 bits per heavy atom. The first-order valence-electron chi connectivity index (χ1n) is 14.3. The largest absolute Gasteiger partial charge is 0.465 e. The quantitative estimate of drug-likeness (QED) is 0.306. The minimum Gasteiger partial charge on any atom is -0.465 e. The van der Waals surface area contributed by atoms with Crippen LogP contribution in [0.4, 0.5) is 10.5 Å². The number of nitrogens with zero attached hydrogens (tertiary/aromatic N) is 4. The van der Waals surface area contributed by atoms with Gasteiger partial charge in [-0.05, 0) is 61.6 Å². The number of fused-ring (bicyclic) bond motifs is 1. The third-order valence-corrected chi connectivity index (χ3v) is 7.49. The van der Waals surface area contributed by atoms with Crippen LogP contribution in [0.25, 0.3) is 5.69 Å². The summed E-state index contributed by atoms with van der Waals surface area (Å²) in [5.41, 5.74) is 3.90. The summed E-state index contributed by atoms with van der Waals surface area (Å²) in [6.07, 6.45) is 3.00. The molecule has 2 heterocycles. The number of nitrogens with one attached hydrogen (secondary N) is 1. The summed E-state index contributed by atoms with van der Waals surface area (Å²) in [7, 11) is 0. The molecule has 10 heteroatoms. The molecule has 0 saturated carbocycles. The zero-order valence-corrected chi connectivity index (χ0v) is 24.0. The first kappa shape index (κ1) is 29.8. The van der Waals surface area contributed by atoms with Gasteiger partial charge in [-0.3, -0.25) is 14.9 Å². The molecule has 3 amide bonds. The molecule has 1 aliphatic heterocycles. The van der Waals surface area contributed by atoms with Crippen molar-refractivity contribution in [2.45, 2.75) is 65.5 Å². The number of hydrogen-bond donors (Lipinski definition) is 3. The highest BCUT2D eigenvalue weighted by molar-refractivity contribution is 6.00. The summed E-state index contributed by atoms with van der Waals surface area (Å²) in [4.78, 5) is 42.4. The molecule has 1 atom stereocenters. The van der Waals surface area contributed by atoms with Gasteiger partial charge in [-0.25, -0.2) is 9.48 Å². The summed E-state index contributed by atoms with van der Waals surface area (Å²) >= 11 is 0. The highest BCUT2D eigenvalue weighted by atomic mass is 16.4. The molecular formula is C31H39N5O5. The van der Waals surface area contributed by atoms with Crippen molar-refractivity contribution in [3.05, 3.63) is 76.6 Å². The number of hydrogen-bond acceptors (Lipinski definition) is 5. The molecule has 1 aromatic heterocycles. The Hall–Kier alpha value is -4.18. The Kier molecular flexibility index (Phi) is 9.78. The van der Waals surface area contributed by atoms with Crippen molar-refractivity contribution >= 4 is 23.6 Å². The van der Waals surface area contributed by atoms with Gasteiger partial charge in [0.25, 0.3) is 11.8 Å². The number of rotatable bonds is 11. The number of carbonyl (C=O) groups is 3. The van der Waals surface area contributed by atoms with Crippen LogP contribution in [0.5, 0.6) is 0 Å². The van der Waals surface area contributed by atoms with E-state index >= 15 is 0 Å². The van der Waals surface area contributed by atoms with Crippen LogP contribution < -0.4 is 5.32 Å². The number of aliphatic hydroxyl groups excluding tert-OH is 1. The topological polar surface area (TPSA) is 128 Å². The Balaban J connectivity index is 1.74. The van der Waals surface area contributed by atoms with E-state index in [1.54, 1.807) is 27.8 Å². The predicted octanol–water partition coefficient (Wildman–Crippen LogP) is 4.87. The first-order valence-corrected chi connectivity index (χ1v) is 14.3. The maximum Gasteiger partial charge on any atom is 0.409 e. The molecule has 3 N–H and O–H groups in total. The van der Waals surface area contributed by atoms with E-state index in [0.717, 1.165) is 36.8 Å². The molecule has 218 valence electrons. The Labute approximate surface area is 240 Å². The zero-order chi connectivity index (χ0) is 29.5. The fourth-order valence-electron chi connectivity index (χ4n) is 5.23. The van der Waals surface area contributed by atoms with Gasteiger partial charge in [-0.1, -0.05) is 51.0 Å². The van der Waals surface area contributed by atoms with E-state index < -0.39 is 12.1 Å². The third-order valence-electron chi connectivity index (χ3n) is 7.49. The number of unbranched alkanes of at least 4 members (excludes halogenated alkanes) is 2. The molecule has 0 radical (unpaired) electrons. The van der Waals surface area contributed by atoms with E-state index in [-0.39, 0.29) is 29.7 Å². The molecule has 0 spiro atoms. The van der Waals surface area contributed by atoms with Crippen molar-refractivity contribution in [3.63, 3.8) is 0 Å². The number of anilines is 1. The summed E-state index contributed by atoms with van der Waals surface area (Å²) in [6.45, 7) is 7.39. The number of benzene rings is 2. The van der Waals surface area contributed by atoms with E-state index in [0.29, 0.717) is 43.1 Å². The van der Waals surface area contributed by atoms with E-state index in [9.17, 15) is 24.6 Å². The second-order valence-corrected chi connectivity index (χ2v) is 10.5. The SMILES string of the molecule is CCCCN(CCCC)C(=O)c1cc(C)n(-c2ccc(NC(=O)O)cc2C(=O)N2Cc3ccccc3CC2CO)n1. The molecule has 41 heavy (non-hydrogen) atoms. The van der Waals surface area contributed by atoms with Gasteiger partial charge in [0.2, 0.25) is 0 Å². The number of amides is 3. The first-order chi connectivity index (χ1) is 19.8. The number of aliphatic hydroxyl groups is 1. The van der Waals surface area contributed by atoms with E-state index in [4.69, 9.17) is 0 Å². The second kappa shape index (κ2) is 13.5. The van der Waals surface area contributed by atoms with E-state index in [1.165, 1.54) is 6.07 Å². The molecule has 1 unspecified atom stereocenters. The highest BCUT2D eigenvalue weighted by Gasteiger charge is 2.32. The van der Waals surface area contributed by atoms with E-state index in [2.05, 4.69) is 24.3 Å². The Morgan fingerprint density at radius 1 is 1.02 bits per heavy atom. The van der Waals surface area contributed by atoms with Crippen LogP contribution in [-0.4, -0.2) is 73.4 Å². The van der Waals surface area contributed by atoms with Gasteiger partial charge in [0.05, 0.1) is 23.9 Å². The number of aryl methyl sites for hydroxylation is 1. The van der Waals surface area contributed by atoms with Gasteiger partial charge in [0.15, 0.2) is 5.69 Å². The lowest BCUT2D eigenvalue weighted by Crippen LogP contribution is -2.46. The Morgan fingerprint density at radius 3 is 2.34 bits per heavy atom. The maximum atomic E-state index is 14.1. The van der Waals surface area contributed by atoms with Crippen molar-refractivity contribution in [2.24, 2.45) is 0 Å². The van der Waals surface area contributed by atoms with Gasteiger partial charge in [-0.2, -0.15) is 5.10 Å². The average molecular weight is 562 g/mol. The van der Waals surface area contributed by atoms with Crippen molar-refractivity contribution in [2.75, 3.05) is 25.0 Å². The predicted molar refractivity (Wildman–Crippen MR) is 157 cm³/mol. The van der Waals surface area contributed by atoms with Crippen LogP contribution in [0, 0.1) is 6.92 Å². The fourth-order valence-corrected chi connectivity index (χ4v) is 5.23. The Bertz CT molecular complexity index is 1390. The van der Waals surface area contributed by atoms with E-state index in [1.807, 2.05) is 36.1 Å². The van der Waals surface area contributed by atoms with Gasteiger partial charge in [0.1, 0.15) is 0 Å². The van der Waals surface area contributed by atoms with Gasteiger partial charge in [-0.15, -0.1) is 0 Å². The molecular weight excluding hydrogens is 522 g/mol. The van der Waals surface area contributed by atoms with Gasteiger partial charge < -0.3 is 20.0 Å². The molecule has 10 nitrogen and oxygen atoms in total. The molecule has 2 aromatic carbocycles. The normalized spacial score (nSPS) is 14.4. The van der Waals surface area contributed by atoms with Crippen molar-refractivity contribution < 1.29 is 24.6 Å². The molecule has 0 fully saturated rings. The van der Waals surface area contributed by atoms with Crippen LogP contribution in [0.2, 0.25) is 0 Å². The summed E-state index contributed by atoms with van der Waals surface area (Å²) < 4.78 is 1.56. The lowest BCUT2D eigenvalue weighted by atomic mass is 9.93. The van der Waals surface area contributed by atoms with Crippen molar-refractivity contribution in [1.29, 1.82) is 0 Å². The summed E-state index contributed by atoms with van der Waals surface area (Å²) in [5, 5.41) is 26.4. The standard InChI is InChI=1S/C31H39N5O5/c1-4-6-14-34(15-7-5-2)30(39)27-16-21(3)36(33-27)28-13-12-24(32-31(40)41)18-26(28)29(38)35-19-23-11-9-8-10-22(23)17-25(35)20-37/h8-13,16,18,25,32,37H,4-7,14-15,17,19-20H2,1-3H3,(H,40,41). The zero-order valence-electron chi connectivity index (χ0n) is 24.0. The minimum absolute atomic E-state index is 0.154. The molecule has 0 bridgehead atoms. The average Bonchev–Trinajstić information content (AvgIpc) is 3.36. The molecule has 0 aliphatic carbocycles. The lowest BCUT2D eigenvalue weighted by Gasteiger charge is -2.36. The third kappa shape index (κ3) is 6.77. The molecule has 4 rings (SSSR count). The summed E-state index contributed by atoms with van der Waals surface area (Å²) in [6, 6.07) is 13.8. The summed E-state index contributed by atoms with van der Waals surface area (Å²) in [5.74, 6) is -0.517. The lowest BCUT2D eigenvalue weighted by molar-refractivity contribution is 0.0544. The van der Waals surface area contributed by atoms with Crippen LogP contribution in [0.1, 0.15) is 77.2 Å². The van der Waals surface area contributed by atoms with Crippen LogP contribution in [0.3, 0.4) is 0 Å². The van der Waals surface area contributed by atoms with Gasteiger partial charge >= 0.3 is 6.09 Å². The number of aromatic nitrogens is 2.